The fourth-order valence-electron chi connectivity index (χ4n) is 2.52. The van der Waals surface area contributed by atoms with Crippen LogP contribution in [0.2, 0.25) is 0 Å². The molecule has 1 atom stereocenters. The van der Waals surface area contributed by atoms with Gasteiger partial charge in [-0.3, -0.25) is 9.69 Å². The van der Waals surface area contributed by atoms with Crippen LogP contribution in [-0.2, 0) is 6.54 Å². The molecule has 1 aliphatic rings. The highest BCUT2D eigenvalue weighted by Crippen LogP contribution is 2.17. The quantitative estimate of drug-likeness (QED) is 0.832. The van der Waals surface area contributed by atoms with Gasteiger partial charge in [0.25, 0.3) is 0 Å². The molecule has 4 nitrogen and oxygen atoms in total. The summed E-state index contributed by atoms with van der Waals surface area (Å²) in [5.74, 6) is 0.256. The molecule has 98 valence electrons. The average molecular weight is 247 g/mol. The van der Waals surface area contributed by atoms with Gasteiger partial charge in [-0.05, 0) is 49.5 Å². The first-order valence-electron chi connectivity index (χ1n) is 6.50. The summed E-state index contributed by atoms with van der Waals surface area (Å²) < 4.78 is 0. The van der Waals surface area contributed by atoms with Crippen LogP contribution >= 0.6 is 0 Å². The predicted octanol–water partition coefficient (Wildman–Crippen LogP) is 0.956. The number of benzene rings is 1. The number of nitrogens with two attached hydrogens (primary N) is 2. The van der Waals surface area contributed by atoms with E-state index in [0.29, 0.717) is 11.5 Å². The minimum Gasteiger partial charge on any atom is -0.366 e. The van der Waals surface area contributed by atoms with Crippen molar-refractivity contribution in [2.24, 2.45) is 17.4 Å². The van der Waals surface area contributed by atoms with Crippen molar-refractivity contribution in [3.05, 3.63) is 35.4 Å². The lowest BCUT2D eigenvalue weighted by molar-refractivity contribution is 0.100. The van der Waals surface area contributed by atoms with Crippen molar-refractivity contribution in [3.63, 3.8) is 0 Å². The molecule has 0 radical (unpaired) electrons. The van der Waals surface area contributed by atoms with Crippen LogP contribution in [-0.4, -0.2) is 30.4 Å². The van der Waals surface area contributed by atoms with Gasteiger partial charge >= 0.3 is 0 Å². The maximum atomic E-state index is 11.0. The van der Waals surface area contributed by atoms with Crippen LogP contribution in [0.3, 0.4) is 0 Å². The van der Waals surface area contributed by atoms with Crippen molar-refractivity contribution in [2.45, 2.75) is 19.4 Å². The van der Waals surface area contributed by atoms with Gasteiger partial charge in [0.2, 0.25) is 5.91 Å². The molecule has 1 aromatic carbocycles. The Morgan fingerprint density at radius 2 is 2.06 bits per heavy atom. The summed E-state index contributed by atoms with van der Waals surface area (Å²) in [5, 5.41) is 0. The SMILES string of the molecule is NCC1CCCN(Cc2ccc(C(N)=O)cc2)C1. The first-order chi connectivity index (χ1) is 8.69. The number of hydrogen-bond donors (Lipinski definition) is 2. The van der Waals surface area contributed by atoms with E-state index in [1.165, 1.54) is 18.4 Å². The lowest BCUT2D eigenvalue weighted by Gasteiger charge is -2.32. The first kappa shape index (κ1) is 13.1. The van der Waals surface area contributed by atoms with Crippen LogP contribution < -0.4 is 11.5 Å². The first-order valence-corrected chi connectivity index (χ1v) is 6.50. The van der Waals surface area contributed by atoms with E-state index < -0.39 is 0 Å². The monoisotopic (exact) mass is 247 g/mol. The molecular formula is C14H21N3O. The highest BCUT2D eigenvalue weighted by atomic mass is 16.1. The molecule has 1 amide bonds. The Morgan fingerprint density at radius 3 is 2.67 bits per heavy atom. The molecule has 1 aliphatic heterocycles. The normalized spacial score (nSPS) is 20.8. The largest absolute Gasteiger partial charge is 0.366 e. The summed E-state index contributed by atoms with van der Waals surface area (Å²) in [6.07, 6.45) is 2.47. The summed E-state index contributed by atoms with van der Waals surface area (Å²) in [7, 11) is 0. The van der Waals surface area contributed by atoms with E-state index in [0.717, 1.165) is 26.2 Å². The smallest absolute Gasteiger partial charge is 0.248 e. The van der Waals surface area contributed by atoms with Gasteiger partial charge in [-0.2, -0.15) is 0 Å². The molecule has 0 saturated carbocycles. The molecule has 0 bridgehead atoms. The maximum absolute atomic E-state index is 11.0. The zero-order chi connectivity index (χ0) is 13.0. The summed E-state index contributed by atoms with van der Waals surface area (Å²) in [5.41, 5.74) is 12.7. The summed E-state index contributed by atoms with van der Waals surface area (Å²) >= 11 is 0. The van der Waals surface area contributed by atoms with E-state index in [-0.39, 0.29) is 5.91 Å². The highest BCUT2D eigenvalue weighted by molar-refractivity contribution is 5.92. The van der Waals surface area contributed by atoms with Crippen LogP contribution in [0.1, 0.15) is 28.8 Å². The number of nitrogens with zero attached hydrogens (tertiary/aromatic N) is 1. The van der Waals surface area contributed by atoms with Crippen LogP contribution in [0.4, 0.5) is 0 Å². The van der Waals surface area contributed by atoms with Gasteiger partial charge in [-0.25, -0.2) is 0 Å². The molecule has 2 rings (SSSR count). The van der Waals surface area contributed by atoms with E-state index in [2.05, 4.69) is 4.90 Å². The zero-order valence-electron chi connectivity index (χ0n) is 10.6. The molecule has 1 unspecified atom stereocenters. The Labute approximate surface area is 108 Å². The Kier molecular flexibility index (Phi) is 4.33. The zero-order valence-corrected chi connectivity index (χ0v) is 10.6. The van der Waals surface area contributed by atoms with Crippen molar-refractivity contribution < 1.29 is 4.79 Å². The Bertz CT molecular complexity index is 402. The van der Waals surface area contributed by atoms with Crippen molar-refractivity contribution in [3.8, 4) is 0 Å². The van der Waals surface area contributed by atoms with Gasteiger partial charge in [-0.1, -0.05) is 12.1 Å². The third-order valence-corrected chi connectivity index (χ3v) is 3.58. The minimum absolute atomic E-state index is 0.372. The summed E-state index contributed by atoms with van der Waals surface area (Å²) in [6, 6.07) is 7.54. The van der Waals surface area contributed by atoms with E-state index in [9.17, 15) is 4.79 Å². The molecule has 0 spiro atoms. The highest BCUT2D eigenvalue weighted by Gasteiger charge is 2.18. The van der Waals surface area contributed by atoms with Crippen molar-refractivity contribution in [1.82, 2.24) is 4.90 Å². The molecular weight excluding hydrogens is 226 g/mol. The number of carbonyl (C=O) groups excluding carboxylic acids is 1. The number of piperidine rings is 1. The molecule has 1 fully saturated rings. The summed E-state index contributed by atoms with van der Waals surface area (Å²) in [6.45, 7) is 3.91. The number of likely N-dealkylation sites (tertiary alicyclic amines) is 1. The second-order valence-corrected chi connectivity index (χ2v) is 5.04. The van der Waals surface area contributed by atoms with Gasteiger partial charge in [0.15, 0.2) is 0 Å². The van der Waals surface area contributed by atoms with Crippen molar-refractivity contribution >= 4 is 5.91 Å². The molecule has 0 aliphatic carbocycles. The molecule has 4 heteroatoms. The Hall–Kier alpha value is -1.39. The molecule has 4 N–H and O–H groups in total. The van der Waals surface area contributed by atoms with Gasteiger partial charge in [-0.15, -0.1) is 0 Å². The van der Waals surface area contributed by atoms with E-state index in [1.807, 2.05) is 12.1 Å². The predicted molar refractivity (Wildman–Crippen MR) is 72.0 cm³/mol. The number of hydrogen-bond acceptors (Lipinski definition) is 3. The van der Waals surface area contributed by atoms with Crippen molar-refractivity contribution in [2.75, 3.05) is 19.6 Å². The minimum atomic E-state index is -0.372. The Balaban J connectivity index is 1.94. The van der Waals surface area contributed by atoms with Crippen LogP contribution in [0, 0.1) is 5.92 Å². The van der Waals surface area contributed by atoms with Gasteiger partial charge < -0.3 is 11.5 Å². The number of primary amides is 1. The fraction of sp³-hybridized carbons (Fsp3) is 0.500. The van der Waals surface area contributed by atoms with Crippen LogP contribution in [0.5, 0.6) is 0 Å². The maximum Gasteiger partial charge on any atom is 0.248 e. The van der Waals surface area contributed by atoms with E-state index in [1.54, 1.807) is 12.1 Å². The van der Waals surface area contributed by atoms with E-state index >= 15 is 0 Å². The van der Waals surface area contributed by atoms with Gasteiger partial charge in [0, 0.05) is 18.7 Å². The molecule has 1 heterocycles. The second-order valence-electron chi connectivity index (χ2n) is 5.04. The lowest BCUT2D eigenvalue weighted by Crippen LogP contribution is -2.37. The third kappa shape index (κ3) is 3.31. The van der Waals surface area contributed by atoms with Gasteiger partial charge in [0.1, 0.15) is 0 Å². The van der Waals surface area contributed by atoms with E-state index in [4.69, 9.17) is 11.5 Å². The fourth-order valence-corrected chi connectivity index (χ4v) is 2.52. The molecule has 18 heavy (non-hydrogen) atoms. The Morgan fingerprint density at radius 1 is 1.33 bits per heavy atom. The third-order valence-electron chi connectivity index (χ3n) is 3.58. The van der Waals surface area contributed by atoms with Crippen molar-refractivity contribution in [1.29, 1.82) is 0 Å². The second kappa shape index (κ2) is 5.98. The molecule has 1 aromatic rings. The lowest BCUT2D eigenvalue weighted by atomic mass is 9.98. The topological polar surface area (TPSA) is 72.3 Å². The summed E-state index contributed by atoms with van der Waals surface area (Å²) in [4.78, 5) is 13.4. The van der Waals surface area contributed by atoms with Crippen LogP contribution in [0.25, 0.3) is 0 Å². The number of amides is 1. The average Bonchev–Trinajstić information content (AvgIpc) is 2.39. The van der Waals surface area contributed by atoms with Gasteiger partial charge in [0.05, 0.1) is 0 Å². The number of carbonyl (C=O) groups is 1. The molecule has 1 saturated heterocycles. The van der Waals surface area contributed by atoms with Crippen LogP contribution in [0.15, 0.2) is 24.3 Å². The molecule has 0 aromatic heterocycles. The number of rotatable bonds is 4. The standard InChI is InChI=1S/C14H21N3O/c15-8-12-2-1-7-17(10-12)9-11-3-5-13(6-4-11)14(16)18/h3-6,12H,1-2,7-10,15H2,(H2,16,18).